The summed E-state index contributed by atoms with van der Waals surface area (Å²) in [5, 5.41) is 3.25. The molecule has 2 aliphatic rings. The number of carbonyl (C=O) groups excluding carboxylic acids is 1. The Bertz CT molecular complexity index is 524. The minimum atomic E-state index is 0. The molecule has 0 radical (unpaired) electrons. The van der Waals surface area contributed by atoms with Crippen LogP contribution in [0.4, 0.5) is 0 Å². The highest BCUT2D eigenvalue weighted by Crippen LogP contribution is 2.23. The molecule has 3 rings (SSSR count). The molecule has 128 valence electrons. The fourth-order valence-corrected chi connectivity index (χ4v) is 3.86. The molecule has 1 heterocycles. The molecule has 1 aromatic rings. The Morgan fingerprint density at radius 1 is 1.17 bits per heavy atom. The number of aryl methyl sites for hydroxylation is 2. The quantitative estimate of drug-likeness (QED) is 0.916. The number of hydrogen-bond donors (Lipinski definition) is 1. The van der Waals surface area contributed by atoms with Gasteiger partial charge in [-0.3, -0.25) is 4.79 Å². The molecule has 1 amide bonds. The molecule has 0 bridgehead atoms. The van der Waals surface area contributed by atoms with Crippen LogP contribution in [0, 0.1) is 5.92 Å². The first-order chi connectivity index (χ1) is 10.8. The van der Waals surface area contributed by atoms with Gasteiger partial charge < -0.3 is 10.2 Å². The number of rotatable bonds is 4. The summed E-state index contributed by atoms with van der Waals surface area (Å²) < 4.78 is 0. The number of carbonyl (C=O) groups is 1. The number of amides is 1. The highest BCUT2D eigenvalue weighted by molar-refractivity contribution is 5.85. The van der Waals surface area contributed by atoms with Crippen molar-refractivity contribution >= 4 is 18.3 Å². The molecular weight excluding hydrogens is 308 g/mol. The highest BCUT2D eigenvalue weighted by Gasteiger charge is 2.22. The van der Waals surface area contributed by atoms with Crippen molar-refractivity contribution in [3.63, 3.8) is 0 Å². The molecule has 0 unspecified atom stereocenters. The van der Waals surface area contributed by atoms with Gasteiger partial charge in [-0.05, 0) is 74.7 Å². The first-order valence-electron chi connectivity index (χ1n) is 8.79. The maximum Gasteiger partial charge on any atom is 0.226 e. The van der Waals surface area contributed by atoms with Crippen molar-refractivity contribution in [1.29, 1.82) is 0 Å². The van der Waals surface area contributed by atoms with Gasteiger partial charge in [0.2, 0.25) is 5.91 Å². The third kappa shape index (κ3) is 4.71. The number of fused-ring (bicyclic) bond motifs is 1. The summed E-state index contributed by atoms with van der Waals surface area (Å²) >= 11 is 0. The van der Waals surface area contributed by atoms with Gasteiger partial charge in [-0.2, -0.15) is 0 Å². The molecule has 3 nitrogen and oxygen atoms in total. The summed E-state index contributed by atoms with van der Waals surface area (Å²) in [6, 6.07) is 6.69. The molecule has 0 aromatic heterocycles. The molecule has 0 saturated carbocycles. The second kappa shape index (κ2) is 8.70. The summed E-state index contributed by atoms with van der Waals surface area (Å²) in [5.74, 6) is 1.04. The number of benzene rings is 1. The van der Waals surface area contributed by atoms with E-state index in [1.807, 2.05) is 7.05 Å². The van der Waals surface area contributed by atoms with Crippen LogP contribution < -0.4 is 5.32 Å². The van der Waals surface area contributed by atoms with E-state index in [1.54, 1.807) is 0 Å². The van der Waals surface area contributed by atoms with E-state index in [0.717, 1.165) is 38.4 Å². The Balaban J connectivity index is 0.00000192. The topological polar surface area (TPSA) is 32.3 Å². The fraction of sp³-hybridized carbons (Fsp3) is 0.632. The number of nitrogens with one attached hydrogen (secondary N) is 1. The zero-order valence-corrected chi connectivity index (χ0v) is 15.0. The molecule has 0 spiro atoms. The Hall–Kier alpha value is -1.06. The van der Waals surface area contributed by atoms with Crippen LogP contribution >= 0.6 is 12.4 Å². The zero-order chi connectivity index (χ0) is 15.4. The lowest BCUT2D eigenvalue weighted by Gasteiger charge is -2.32. The summed E-state index contributed by atoms with van der Waals surface area (Å²) in [6.45, 7) is 2.93. The SMILES string of the molecule is CNCC1CCN(C(=O)Cc2ccc3c(c2)CCCC3)CC1.Cl. The average molecular weight is 337 g/mol. The van der Waals surface area contributed by atoms with Gasteiger partial charge in [0.15, 0.2) is 0 Å². The molecular formula is C19H29ClN2O. The van der Waals surface area contributed by atoms with Crippen LogP contribution in [0.5, 0.6) is 0 Å². The van der Waals surface area contributed by atoms with Crippen LogP contribution in [-0.2, 0) is 24.1 Å². The van der Waals surface area contributed by atoms with Crippen LogP contribution in [-0.4, -0.2) is 37.5 Å². The lowest BCUT2D eigenvalue weighted by atomic mass is 9.90. The molecule has 4 heteroatoms. The van der Waals surface area contributed by atoms with E-state index in [1.165, 1.54) is 42.4 Å². The van der Waals surface area contributed by atoms with Crippen LogP contribution in [0.15, 0.2) is 18.2 Å². The van der Waals surface area contributed by atoms with Crippen molar-refractivity contribution in [1.82, 2.24) is 10.2 Å². The fourth-order valence-electron chi connectivity index (χ4n) is 3.86. The molecule has 1 saturated heterocycles. The van der Waals surface area contributed by atoms with Gasteiger partial charge in [-0.1, -0.05) is 18.2 Å². The van der Waals surface area contributed by atoms with Crippen molar-refractivity contribution in [2.45, 2.75) is 44.9 Å². The average Bonchev–Trinajstić information content (AvgIpc) is 2.56. The Morgan fingerprint density at radius 2 is 1.87 bits per heavy atom. The second-order valence-corrected chi connectivity index (χ2v) is 6.87. The van der Waals surface area contributed by atoms with Gasteiger partial charge in [-0.15, -0.1) is 12.4 Å². The van der Waals surface area contributed by atoms with E-state index < -0.39 is 0 Å². The first kappa shape index (κ1) is 18.3. The van der Waals surface area contributed by atoms with E-state index in [-0.39, 0.29) is 12.4 Å². The molecule has 1 N–H and O–H groups in total. The minimum Gasteiger partial charge on any atom is -0.342 e. The molecule has 23 heavy (non-hydrogen) atoms. The molecule has 1 aliphatic heterocycles. The normalized spacial score (nSPS) is 18.2. The van der Waals surface area contributed by atoms with E-state index in [9.17, 15) is 4.79 Å². The second-order valence-electron chi connectivity index (χ2n) is 6.87. The van der Waals surface area contributed by atoms with Crippen LogP contribution in [0.3, 0.4) is 0 Å². The maximum atomic E-state index is 12.5. The van der Waals surface area contributed by atoms with E-state index in [4.69, 9.17) is 0 Å². The van der Waals surface area contributed by atoms with Crippen LogP contribution in [0.25, 0.3) is 0 Å². The Labute approximate surface area is 146 Å². The lowest BCUT2D eigenvalue weighted by Crippen LogP contribution is -2.41. The smallest absolute Gasteiger partial charge is 0.226 e. The van der Waals surface area contributed by atoms with Crippen molar-refractivity contribution < 1.29 is 4.79 Å². The summed E-state index contributed by atoms with van der Waals surface area (Å²) in [4.78, 5) is 14.6. The van der Waals surface area contributed by atoms with E-state index in [0.29, 0.717) is 12.3 Å². The Morgan fingerprint density at radius 3 is 2.57 bits per heavy atom. The van der Waals surface area contributed by atoms with Crippen LogP contribution in [0.2, 0.25) is 0 Å². The minimum absolute atomic E-state index is 0. The molecule has 0 atom stereocenters. The maximum absolute atomic E-state index is 12.5. The largest absolute Gasteiger partial charge is 0.342 e. The summed E-state index contributed by atoms with van der Waals surface area (Å²) in [6.07, 6.45) is 7.85. The summed E-state index contributed by atoms with van der Waals surface area (Å²) in [5.41, 5.74) is 4.17. The number of likely N-dealkylation sites (tertiary alicyclic amines) is 1. The third-order valence-corrected chi connectivity index (χ3v) is 5.23. The number of hydrogen-bond acceptors (Lipinski definition) is 2. The predicted octanol–water partition coefficient (Wildman–Crippen LogP) is 2.99. The standard InChI is InChI=1S/C19H28N2O.ClH/c1-20-14-15-8-10-21(11-9-15)19(22)13-16-6-7-17-4-2-3-5-18(17)12-16;/h6-7,12,15,20H,2-5,8-11,13-14H2,1H3;1H. The molecule has 1 aliphatic carbocycles. The zero-order valence-electron chi connectivity index (χ0n) is 14.1. The van der Waals surface area contributed by atoms with Gasteiger partial charge in [0.1, 0.15) is 0 Å². The van der Waals surface area contributed by atoms with Crippen molar-refractivity contribution in [2.24, 2.45) is 5.92 Å². The lowest BCUT2D eigenvalue weighted by molar-refractivity contribution is -0.131. The van der Waals surface area contributed by atoms with Crippen molar-refractivity contribution in [3.8, 4) is 0 Å². The summed E-state index contributed by atoms with van der Waals surface area (Å²) in [7, 11) is 2.01. The number of nitrogens with zero attached hydrogens (tertiary/aromatic N) is 1. The van der Waals surface area contributed by atoms with E-state index >= 15 is 0 Å². The number of halogens is 1. The van der Waals surface area contributed by atoms with Crippen molar-refractivity contribution in [2.75, 3.05) is 26.7 Å². The predicted molar refractivity (Wildman–Crippen MR) is 97.3 cm³/mol. The van der Waals surface area contributed by atoms with Gasteiger partial charge in [0.05, 0.1) is 6.42 Å². The highest BCUT2D eigenvalue weighted by atomic mass is 35.5. The third-order valence-electron chi connectivity index (χ3n) is 5.23. The number of piperidine rings is 1. The van der Waals surface area contributed by atoms with Crippen molar-refractivity contribution in [3.05, 3.63) is 34.9 Å². The van der Waals surface area contributed by atoms with Gasteiger partial charge in [0.25, 0.3) is 0 Å². The van der Waals surface area contributed by atoms with E-state index in [2.05, 4.69) is 28.4 Å². The van der Waals surface area contributed by atoms with Gasteiger partial charge in [0, 0.05) is 13.1 Å². The van der Waals surface area contributed by atoms with Gasteiger partial charge in [-0.25, -0.2) is 0 Å². The van der Waals surface area contributed by atoms with Gasteiger partial charge >= 0.3 is 0 Å². The molecule has 1 fully saturated rings. The van der Waals surface area contributed by atoms with Crippen LogP contribution in [0.1, 0.15) is 42.4 Å². The Kier molecular flexibility index (Phi) is 6.91. The molecule has 1 aromatic carbocycles. The monoisotopic (exact) mass is 336 g/mol. The first-order valence-corrected chi connectivity index (χ1v) is 8.79.